The molecule has 1 aliphatic rings. The van der Waals surface area contributed by atoms with Gasteiger partial charge in [0.1, 0.15) is 0 Å². The van der Waals surface area contributed by atoms with E-state index in [4.69, 9.17) is 0 Å². The summed E-state index contributed by atoms with van der Waals surface area (Å²) in [7, 11) is 1.70. The quantitative estimate of drug-likeness (QED) is 0.807. The molecule has 2 aromatic rings. The summed E-state index contributed by atoms with van der Waals surface area (Å²) in [6, 6.07) is 7.36. The van der Waals surface area contributed by atoms with Gasteiger partial charge in [0.25, 0.3) is 11.5 Å². The second-order valence-corrected chi connectivity index (χ2v) is 5.71. The van der Waals surface area contributed by atoms with E-state index in [2.05, 4.69) is 0 Å². The van der Waals surface area contributed by atoms with E-state index < -0.39 is 0 Å². The molecule has 0 radical (unpaired) electrons. The first-order chi connectivity index (χ1) is 10.2. The zero-order chi connectivity index (χ0) is 14.8. The number of rotatable bonds is 1. The fourth-order valence-electron chi connectivity index (χ4n) is 3.03. The lowest BCUT2D eigenvalue weighted by Crippen LogP contribution is -2.33. The van der Waals surface area contributed by atoms with Crippen LogP contribution in [0.3, 0.4) is 0 Å². The molecule has 0 saturated carbocycles. The molecular weight excluding hydrogens is 264 g/mol. The topological polar surface area (TPSA) is 42.3 Å². The summed E-state index contributed by atoms with van der Waals surface area (Å²) < 4.78 is 1.51. The summed E-state index contributed by atoms with van der Waals surface area (Å²) in [4.78, 5) is 26.9. The molecule has 0 unspecified atom stereocenters. The first-order valence-electron chi connectivity index (χ1n) is 7.56. The van der Waals surface area contributed by atoms with Gasteiger partial charge in [-0.3, -0.25) is 9.59 Å². The van der Waals surface area contributed by atoms with Crippen molar-refractivity contribution >= 4 is 16.7 Å². The molecule has 3 rings (SSSR count). The maximum atomic E-state index is 12.8. The van der Waals surface area contributed by atoms with Crippen LogP contribution in [0.2, 0.25) is 0 Å². The Morgan fingerprint density at radius 2 is 1.62 bits per heavy atom. The van der Waals surface area contributed by atoms with Gasteiger partial charge in [-0.2, -0.15) is 0 Å². The standard InChI is InChI=1S/C17H20N2O2/c1-18-12-15(13-8-4-5-9-14(13)16(18)20)17(21)19-10-6-2-3-7-11-19/h4-5,8-9,12H,2-3,6-7,10-11H2,1H3. The van der Waals surface area contributed by atoms with Gasteiger partial charge in [0, 0.05) is 37.1 Å². The average molecular weight is 284 g/mol. The SMILES string of the molecule is Cn1cc(C(=O)N2CCCCCC2)c2ccccc2c1=O. The highest BCUT2D eigenvalue weighted by Gasteiger charge is 2.20. The van der Waals surface area contributed by atoms with Gasteiger partial charge in [-0.1, -0.05) is 31.0 Å². The minimum absolute atomic E-state index is 0.0451. The molecule has 4 heteroatoms. The zero-order valence-electron chi connectivity index (χ0n) is 12.3. The van der Waals surface area contributed by atoms with Gasteiger partial charge in [-0.05, 0) is 18.9 Å². The molecule has 1 amide bonds. The number of likely N-dealkylation sites (tertiary alicyclic amines) is 1. The largest absolute Gasteiger partial charge is 0.339 e. The number of hydrogen-bond acceptors (Lipinski definition) is 2. The van der Waals surface area contributed by atoms with Gasteiger partial charge in [0.15, 0.2) is 0 Å². The predicted molar refractivity (Wildman–Crippen MR) is 83.6 cm³/mol. The van der Waals surface area contributed by atoms with Crippen LogP contribution in [0.5, 0.6) is 0 Å². The Hall–Kier alpha value is -2.10. The molecule has 1 aromatic carbocycles. The van der Waals surface area contributed by atoms with E-state index in [1.807, 2.05) is 23.1 Å². The van der Waals surface area contributed by atoms with Crippen molar-refractivity contribution in [2.24, 2.45) is 7.05 Å². The minimum Gasteiger partial charge on any atom is -0.339 e. The maximum Gasteiger partial charge on any atom is 0.258 e. The van der Waals surface area contributed by atoms with Gasteiger partial charge in [-0.15, -0.1) is 0 Å². The molecule has 0 aliphatic carbocycles. The lowest BCUT2D eigenvalue weighted by atomic mass is 10.1. The van der Waals surface area contributed by atoms with E-state index in [-0.39, 0.29) is 11.5 Å². The third-order valence-corrected chi connectivity index (χ3v) is 4.21. The van der Waals surface area contributed by atoms with Crippen LogP contribution in [0, 0.1) is 0 Å². The molecule has 1 fully saturated rings. The highest BCUT2D eigenvalue weighted by atomic mass is 16.2. The second kappa shape index (κ2) is 5.72. The first-order valence-corrected chi connectivity index (χ1v) is 7.56. The maximum absolute atomic E-state index is 12.8. The molecule has 0 bridgehead atoms. The van der Waals surface area contributed by atoms with Crippen LogP contribution in [0.4, 0.5) is 0 Å². The number of fused-ring (bicyclic) bond motifs is 1. The predicted octanol–water partition coefficient (Wildman–Crippen LogP) is 2.55. The highest BCUT2D eigenvalue weighted by molar-refractivity contribution is 6.06. The van der Waals surface area contributed by atoms with Crippen molar-refractivity contribution < 1.29 is 4.79 Å². The molecule has 1 aromatic heterocycles. The van der Waals surface area contributed by atoms with Crippen molar-refractivity contribution in [3.63, 3.8) is 0 Å². The Morgan fingerprint density at radius 3 is 2.29 bits per heavy atom. The monoisotopic (exact) mass is 284 g/mol. The van der Waals surface area contributed by atoms with E-state index in [1.165, 1.54) is 17.4 Å². The van der Waals surface area contributed by atoms with Crippen LogP contribution < -0.4 is 5.56 Å². The third-order valence-electron chi connectivity index (χ3n) is 4.21. The fraction of sp³-hybridized carbons (Fsp3) is 0.412. The van der Waals surface area contributed by atoms with Crippen LogP contribution >= 0.6 is 0 Å². The zero-order valence-corrected chi connectivity index (χ0v) is 12.3. The van der Waals surface area contributed by atoms with Crippen LogP contribution in [0.1, 0.15) is 36.0 Å². The Kier molecular flexibility index (Phi) is 3.78. The number of amides is 1. The van der Waals surface area contributed by atoms with E-state index in [0.29, 0.717) is 10.9 Å². The van der Waals surface area contributed by atoms with Gasteiger partial charge < -0.3 is 9.47 Å². The molecule has 1 saturated heterocycles. The van der Waals surface area contributed by atoms with E-state index in [0.717, 1.165) is 31.3 Å². The smallest absolute Gasteiger partial charge is 0.258 e. The van der Waals surface area contributed by atoms with E-state index in [9.17, 15) is 9.59 Å². The minimum atomic E-state index is -0.0574. The van der Waals surface area contributed by atoms with E-state index >= 15 is 0 Å². The first kappa shape index (κ1) is 13.9. The number of carbonyl (C=O) groups excluding carboxylic acids is 1. The molecule has 0 atom stereocenters. The molecule has 0 N–H and O–H groups in total. The van der Waals surface area contributed by atoms with Gasteiger partial charge in [0.05, 0.1) is 5.56 Å². The Labute approximate surface area is 124 Å². The van der Waals surface area contributed by atoms with Gasteiger partial charge in [-0.25, -0.2) is 0 Å². The Morgan fingerprint density at radius 1 is 1.00 bits per heavy atom. The summed E-state index contributed by atoms with van der Waals surface area (Å²) in [5, 5.41) is 1.37. The molecule has 21 heavy (non-hydrogen) atoms. The summed E-state index contributed by atoms with van der Waals surface area (Å²) in [5.41, 5.74) is 0.576. The number of aromatic nitrogens is 1. The van der Waals surface area contributed by atoms with Crippen molar-refractivity contribution in [1.82, 2.24) is 9.47 Å². The highest BCUT2D eigenvalue weighted by Crippen LogP contribution is 2.19. The van der Waals surface area contributed by atoms with Crippen molar-refractivity contribution in [1.29, 1.82) is 0 Å². The van der Waals surface area contributed by atoms with Crippen LogP contribution in [-0.4, -0.2) is 28.5 Å². The molecule has 2 heterocycles. The Balaban J connectivity index is 2.09. The molecule has 110 valence electrons. The number of aryl methyl sites for hydroxylation is 1. The summed E-state index contributed by atoms with van der Waals surface area (Å²) in [6.45, 7) is 1.63. The van der Waals surface area contributed by atoms with Gasteiger partial charge >= 0.3 is 0 Å². The van der Waals surface area contributed by atoms with Crippen LogP contribution in [0.25, 0.3) is 10.8 Å². The number of benzene rings is 1. The number of hydrogen-bond donors (Lipinski definition) is 0. The second-order valence-electron chi connectivity index (χ2n) is 5.71. The summed E-state index contributed by atoms with van der Waals surface area (Å²) in [5.74, 6) is 0.0451. The normalized spacial score (nSPS) is 16.0. The van der Waals surface area contributed by atoms with Crippen LogP contribution in [-0.2, 0) is 7.05 Å². The molecule has 1 aliphatic heterocycles. The van der Waals surface area contributed by atoms with Crippen LogP contribution in [0.15, 0.2) is 35.3 Å². The fourth-order valence-corrected chi connectivity index (χ4v) is 3.03. The van der Waals surface area contributed by atoms with Gasteiger partial charge in [0.2, 0.25) is 0 Å². The number of carbonyl (C=O) groups is 1. The summed E-state index contributed by atoms with van der Waals surface area (Å²) in [6.07, 6.45) is 6.19. The lowest BCUT2D eigenvalue weighted by molar-refractivity contribution is 0.0763. The number of nitrogens with zero attached hydrogens (tertiary/aromatic N) is 2. The molecular formula is C17H20N2O2. The average Bonchev–Trinajstić information content (AvgIpc) is 2.79. The molecule has 0 spiro atoms. The molecule has 4 nitrogen and oxygen atoms in total. The Bertz CT molecular complexity index is 725. The summed E-state index contributed by atoms with van der Waals surface area (Å²) >= 11 is 0. The van der Waals surface area contributed by atoms with E-state index in [1.54, 1.807) is 19.3 Å². The number of pyridine rings is 1. The third kappa shape index (κ3) is 2.58. The van der Waals surface area contributed by atoms with Crippen molar-refractivity contribution in [2.45, 2.75) is 25.7 Å². The van der Waals surface area contributed by atoms with Crippen molar-refractivity contribution in [3.8, 4) is 0 Å². The van der Waals surface area contributed by atoms with Crippen molar-refractivity contribution in [2.75, 3.05) is 13.1 Å². The van der Waals surface area contributed by atoms with Crippen molar-refractivity contribution in [3.05, 3.63) is 46.4 Å². The lowest BCUT2D eigenvalue weighted by Gasteiger charge is -2.21.